The van der Waals surface area contributed by atoms with Crippen molar-refractivity contribution >= 4 is 35.1 Å². The van der Waals surface area contributed by atoms with Gasteiger partial charge in [-0.1, -0.05) is 0 Å². The molecule has 13 heteroatoms. The second kappa shape index (κ2) is 8.77. The molecule has 0 aliphatic carbocycles. The van der Waals surface area contributed by atoms with Gasteiger partial charge in [0.1, 0.15) is 6.61 Å². The summed E-state index contributed by atoms with van der Waals surface area (Å²) in [5.74, 6) is -2.98. The van der Waals surface area contributed by atoms with Crippen molar-refractivity contribution in [3.05, 3.63) is 23.8 Å². The largest absolute Gasteiger partial charge is 0.418 e. The monoisotopic (exact) mass is 417 g/mol. The molecule has 1 aromatic rings. The quantitative estimate of drug-likeness (QED) is 0.491. The van der Waals surface area contributed by atoms with E-state index < -0.39 is 47.2 Å². The van der Waals surface area contributed by atoms with E-state index in [2.05, 4.69) is 10.6 Å². The van der Waals surface area contributed by atoms with Gasteiger partial charge in [-0.3, -0.25) is 14.4 Å². The highest BCUT2D eigenvalue weighted by Gasteiger charge is 2.37. The second-order valence-electron chi connectivity index (χ2n) is 5.88. The Kier molecular flexibility index (Phi) is 6.64. The summed E-state index contributed by atoms with van der Waals surface area (Å²) in [6.45, 7) is -0.332. The van der Waals surface area contributed by atoms with Crippen LogP contribution in [-0.2, 0) is 25.3 Å². The van der Waals surface area contributed by atoms with Crippen LogP contribution in [0, 0.1) is 0 Å². The number of hydrogen-bond donors (Lipinski definition) is 4. The zero-order chi connectivity index (χ0) is 21.8. The zero-order valence-electron chi connectivity index (χ0n) is 15.1. The van der Waals surface area contributed by atoms with Crippen molar-refractivity contribution in [3.8, 4) is 0 Å². The number of carbonyl (C=O) groups excluding carboxylic acids is 4. The van der Waals surface area contributed by atoms with Crippen LogP contribution in [0.4, 0.5) is 29.3 Å². The van der Waals surface area contributed by atoms with E-state index >= 15 is 0 Å². The van der Waals surface area contributed by atoms with E-state index in [9.17, 15) is 32.3 Å². The number of anilines is 2. The van der Waals surface area contributed by atoms with Crippen molar-refractivity contribution in [2.75, 3.05) is 37.0 Å². The van der Waals surface area contributed by atoms with Gasteiger partial charge in [0.15, 0.2) is 6.04 Å². The van der Waals surface area contributed by atoms with Crippen LogP contribution in [0.15, 0.2) is 18.2 Å². The molecule has 2 rings (SSSR count). The van der Waals surface area contributed by atoms with Crippen LogP contribution in [-0.4, -0.2) is 56.6 Å². The number of ether oxygens (including phenoxy) is 1. The van der Waals surface area contributed by atoms with Crippen LogP contribution in [0.2, 0.25) is 0 Å². The minimum absolute atomic E-state index is 0.0621. The topological polar surface area (TPSA) is 143 Å². The molecule has 0 bridgehead atoms. The molecule has 29 heavy (non-hydrogen) atoms. The Labute approximate surface area is 162 Å². The summed E-state index contributed by atoms with van der Waals surface area (Å²) < 4.78 is 45.5. The van der Waals surface area contributed by atoms with E-state index in [4.69, 9.17) is 10.5 Å². The lowest BCUT2D eigenvalue weighted by atomic mass is 10.1. The van der Waals surface area contributed by atoms with Crippen molar-refractivity contribution in [2.24, 2.45) is 5.73 Å². The van der Waals surface area contributed by atoms with Gasteiger partial charge >= 0.3 is 12.2 Å². The fourth-order valence-electron chi connectivity index (χ4n) is 2.53. The normalized spacial score (nSPS) is 15.4. The molecule has 0 radical (unpaired) electrons. The van der Waals surface area contributed by atoms with E-state index in [0.717, 1.165) is 17.0 Å². The molecule has 0 spiro atoms. The van der Waals surface area contributed by atoms with E-state index in [-0.39, 0.29) is 25.4 Å². The van der Waals surface area contributed by atoms with Crippen LogP contribution in [0.3, 0.4) is 0 Å². The van der Waals surface area contributed by atoms with Gasteiger partial charge < -0.3 is 31.3 Å². The lowest BCUT2D eigenvalue weighted by Crippen LogP contribution is -2.54. The molecule has 158 valence electrons. The second-order valence-corrected chi connectivity index (χ2v) is 5.88. The summed E-state index contributed by atoms with van der Waals surface area (Å²) in [6, 6.07) is 0.0652. The smallest absolute Gasteiger partial charge is 0.370 e. The summed E-state index contributed by atoms with van der Waals surface area (Å²) in [5.41, 5.74) is 3.19. The number of urea groups is 1. The van der Waals surface area contributed by atoms with Gasteiger partial charge in [0.05, 0.1) is 17.9 Å². The Morgan fingerprint density at radius 3 is 2.52 bits per heavy atom. The highest BCUT2D eigenvalue weighted by molar-refractivity contribution is 6.11. The molecule has 10 nitrogen and oxygen atoms in total. The molecule has 1 heterocycles. The number of nitrogens with one attached hydrogen (secondary N) is 3. The first-order valence-electron chi connectivity index (χ1n) is 8.22. The third-order valence-corrected chi connectivity index (χ3v) is 3.90. The number of morpholine rings is 1. The van der Waals surface area contributed by atoms with Crippen LogP contribution >= 0.6 is 0 Å². The van der Waals surface area contributed by atoms with Crippen molar-refractivity contribution in [3.63, 3.8) is 0 Å². The zero-order valence-corrected chi connectivity index (χ0v) is 15.1. The standard InChI is InChI=1S/C16H18F3N5O5/c1-21-15(28)23-12(13(20)26)14(27)22-8-2-3-10(9(6-8)16(17,18)19)24-4-5-29-7-11(24)25/h2-3,6,12H,4-5,7H2,1H3,(H2,20,26)(H,22,27)(H2,21,23,28)/t12-/m0/s1. The summed E-state index contributed by atoms with van der Waals surface area (Å²) in [7, 11) is 1.23. The van der Waals surface area contributed by atoms with Gasteiger partial charge in [-0.2, -0.15) is 13.2 Å². The molecule has 0 saturated carbocycles. The molecule has 1 aromatic carbocycles. The first-order valence-corrected chi connectivity index (χ1v) is 8.22. The van der Waals surface area contributed by atoms with Gasteiger partial charge in [-0.05, 0) is 18.2 Å². The molecule has 1 saturated heterocycles. The number of benzene rings is 1. The summed E-state index contributed by atoms with van der Waals surface area (Å²) in [5, 5.41) is 6.18. The lowest BCUT2D eigenvalue weighted by Gasteiger charge is -2.29. The van der Waals surface area contributed by atoms with Gasteiger partial charge in [0, 0.05) is 19.3 Å². The fourth-order valence-corrected chi connectivity index (χ4v) is 2.53. The van der Waals surface area contributed by atoms with Gasteiger partial charge in [0.2, 0.25) is 5.91 Å². The van der Waals surface area contributed by atoms with E-state index in [1.54, 1.807) is 0 Å². The number of carbonyl (C=O) groups is 4. The molecule has 5 N–H and O–H groups in total. The number of alkyl halides is 3. The summed E-state index contributed by atoms with van der Waals surface area (Å²) in [4.78, 5) is 47.7. The molecule has 1 aliphatic rings. The fraction of sp³-hybridized carbons (Fsp3) is 0.375. The van der Waals surface area contributed by atoms with E-state index in [1.807, 2.05) is 5.32 Å². The minimum atomic E-state index is -4.84. The number of halogens is 3. The Bertz CT molecular complexity index is 830. The third-order valence-electron chi connectivity index (χ3n) is 3.90. The van der Waals surface area contributed by atoms with Crippen molar-refractivity contribution in [2.45, 2.75) is 12.2 Å². The maximum atomic E-state index is 13.5. The first-order chi connectivity index (χ1) is 13.5. The highest BCUT2D eigenvalue weighted by Crippen LogP contribution is 2.38. The predicted octanol–water partition coefficient (Wildman–Crippen LogP) is -0.210. The number of nitrogens with two attached hydrogens (primary N) is 1. The minimum Gasteiger partial charge on any atom is -0.370 e. The van der Waals surface area contributed by atoms with Crippen LogP contribution < -0.4 is 26.6 Å². The van der Waals surface area contributed by atoms with Crippen molar-refractivity contribution < 1.29 is 37.1 Å². The van der Waals surface area contributed by atoms with Crippen LogP contribution in [0.1, 0.15) is 5.56 Å². The molecule has 1 fully saturated rings. The van der Waals surface area contributed by atoms with Gasteiger partial charge in [-0.25, -0.2) is 4.79 Å². The van der Waals surface area contributed by atoms with Gasteiger partial charge in [-0.15, -0.1) is 0 Å². The predicted molar refractivity (Wildman–Crippen MR) is 93.8 cm³/mol. The van der Waals surface area contributed by atoms with E-state index in [1.165, 1.54) is 7.05 Å². The Morgan fingerprint density at radius 2 is 1.97 bits per heavy atom. The summed E-state index contributed by atoms with van der Waals surface area (Å²) in [6.07, 6.45) is -4.84. The highest BCUT2D eigenvalue weighted by atomic mass is 19.4. The number of nitrogens with zero attached hydrogens (tertiary/aromatic N) is 1. The van der Waals surface area contributed by atoms with E-state index in [0.29, 0.717) is 6.07 Å². The summed E-state index contributed by atoms with van der Waals surface area (Å²) >= 11 is 0. The molecular weight excluding hydrogens is 399 g/mol. The third kappa shape index (κ3) is 5.34. The molecular formula is C16H18F3N5O5. The number of primary amides is 1. The average Bonchev–Trinajstić information content (AvgIpc) is 2.65. The molecule has 0 aromatic heterocycles. The lowest BCUT2D eigenvalue weighted by molar-refractivity contribution is -0.137. The Balaban J connectivity index is 2.32. The average molecular weight is 417 g/mol. The van der Waals surface area contributed by atoms with Crippen molar-refractivity contribution in [1.82, 2.24) is 10.6 Å². The molecule has 1 aliphatic heterocycles. The first kappa shape index (κ1) is 21.9. The van der Waals surface area contributed by atoms with Crippen molar-refractivity contribution in [1.29, 1.82) is 0 Å². The number of amides is 5. The maximum Gasteiger partial charge on any atom is 0.418 e. The molecule has 0 unspecified atom stereocenters. The van der Waals surface area contributed by atoms with Crippen LogP contribution in [0.5, 0.6) is 0 Å². The Hall–Kier alpha value is -3.35. The maximum absolute atomic E-state index is 13.5. The Morgan fingerprint density at radius 1 is 1.28 bits per heavy atom. The number of rotatable bonds is 5. The SMILES string of the molecule is CNC(=O)N[C@@H](C(N)=O)C(=O)Nc1ccc(N2CCOCC2=O)c(C(F)(F)F)c1. The molecule has 5 amide bonds. The molecule has 1 atom stereocenters. The van der Waals surface area contributed by atoms with Gasteiger partial charge in [0.25, 0.3) is 11.8 Å². The van der Waals surface area contributed by atoms with Crippen LogP contribution in [0.25, 0.3) is 0 Å². The number of hydrogen-bond acceptors (Lipinski definition) is 5.